The van der Waals surface area contributed by atoms with E-state index >= 15 is 0 Å². The van der Waals surface area contributed by atoms with Crippen molar-refractivity contribution < 1.29 is 5.11 Å². The zero-order valence-corrected chi connectivity index (χ0v) is 6.80. The van der Waals surface area contributed by atoms with Crippen molar-refractivity contribution in [2.24, 2.45) is 0 Å². The van der Waals surface area contributed by atoms with Gasteiger partial charge in [-0.25, -0.2) is 0 Å². The third-order valence-corrected chi connectivity index (χ3v) is 2.05. The van der Waals surface area contributed by atoms with Crippen molar-refractivity contribution in [3.8, 4) is 0 Å². The van der Waals surface area contributed by atoms with Gasteiger partial charge in [0, 0.05) is 19.3 Å². The maximum Gasteiger partial charge on any atom is 0.0965 e. The maximum atomic E-state index is 9.39. The van der Waals surface area contributed by atoms with Gasteiger partial charge in [-0.05, 0) is 11.1 Å². The van der Waals surface area contributed by atoms with Crippen LogP contribution in [0.25, 0.3) is 0 Å². The first-order valence-electron chi connectivity index (χ1n) is 3.50. The zero-order chi connectivity index (χ0) is 8.59. The van der Waals surface area contributed by atoms with Crippen LogP contribution < -0.4 is 0 Å². The molecule has 1 aliphatic rings. The van der Waals surface area contributed by atoms with Gasteiger partial charge >= 0.3 is 0 Å². The first-order valence-corrected chi connectivity index (χ1v) is 3.50. The van der Waals surface area contributed by atoms with Crippen molar-refractivity contribution in [2.75, 3.05) is 13.6 Å². The smallest absolute Gasteiger partial charge is 0.0965 e. The largest absolute Gasteiger partial charge is 0.387 e. The number of allylic oxidation sites excluding steroid dienone is 1. The minimum atomic E-state index is -0.488. The van der Waals surface area contributed by atoms with Gasteiger partial charge in [-0.1, -0.05) is 19.7 Å². The van der Waals surface area contributed by atoms with E-state index in [0.717, 1.165) is 11.3 Å². The van der Waals surface area contributed by atoms with Gasteiger partial charge in [0.05, 0.1) is 6.10 Å². The zero-order valence-electron chi connectivity index (χ0n) is 6.80. The van der Waals surface area contributed by atoms with Crippen LogP contribution in [0.5, 0.6) is 0 Å². The summed E-state index contributed by atoms with van der Waals surface area (Å²) in [5.74, 6) is 0. The second-order valence-corrected chi connectivity index (χ2v) is 2.85. The molecule has 11 heavy (non-hydrogen) atoms. The molecule has 0 radical (unpaired) electrons. The van der Waals surface area contributed by atoms with Crippen molar-refractivity contribution in [1.82, 2.24) is 4.90 Å². The van der Waals surface area contributed by atoms with Crippen LogP contribution in [0.3, 0.4) is 0 Å². The van der Waals surface area contributed by atoms with Crippen molar-refractivity contribution in [1.29, 1.82) is 0 Å². The van der Waals surface area contributed by atoms with Crippen LogP contribution in [-0.2, 0) is 0 Å². The SMILES string of the molecule is C=C1C(=C)[C@@H](O)CN(C)C1=C. The molecule has 1 N–H and O–H groups in total. The Morgan fingerprint density at radius 2 is 2.00 bits per heavy atom. The lowest BCUT2D eigenvalue weighted by atomic mass is 9.96. The summed E-state index contributed by atoms with van der Waals surface area (Å²) in [7, 11) is 1.88. The minimum Gasteiger partial charge on any atom is -0.387 e. The number of nitrogens with zero attached hydrogens (tertiary/aromatic N) is 1. The van der Waals surface area contributed by atoms with Gasteiger partial charge in [0.15, 0.2) is 0 Å². The summed E-state index contributed by atoms with van der Waals surface area (Å²) in [6.07, 6.45) is -0.488. The van der Waals surface area contributed by atoms with Gasteiger partial charge in [-0.3, -0.25) is 0 Å². The van der Waals surface area contributed by atoms with Crippen LogP contribution >= 0.6 is 0 Å². The predicted molar refractivity (Wildman–Crippen MR) is 46.1 cm³/mol. The highest BCUT2D eigenvalue weighted by Gasteiger charge is 2.23. The maximum absolute atomic E-state index is 9.39. The second-order valence-electron chi connectivity index (χ2n) is 2.85. The van der Waals surface area contributed by atoms with Crippen LogP contribution in [0.15, 0.2) is 36.6 Å². The molecule has 1 heterocycles. The van der Waals surface area contributed by atoms with Gasteiger partial charge in [-0.2, -0.15) is 0 Å². The Balaban J connectivity index is 2.88. The number of β-amino-alcohol motifs (C(OH)–C–C–N with tert-alkyl or cyclic N) is 1. The number of piperidine rings is 1. The summed E-state index contributed by atoms with van der Waals surface area (Å²) in [6.45, 7) is 11.9. The standard InChI is InChI=1S/C9H13NO/c1-6-7(2)9(11)5-10(4)8(6)3/h9,11H,1-3,5H2,4H3/t9-/m0/s1. The van der Waals surface area contributed by atoms with Crippen LogP contribution in [0.4, 0.5) is 0 Å². The number of rotatable bonds is 0. The highest BCUT2D eigenvalue weighted by atomic mass is 16.3. The average Bonchev–Trinajstić information content (AvgIpc) is 1.97. The van der Waals surface area contributed by atoms with Gasteiger partial charge in [0.2, 0.25) is 0 Å². The average molecular weight is 151 g/mol. The van der Waals surface area contributed by atoms with Crippen LogP contribution in [0.2, 0.25) is 0 Å². The topological polar surface area (TPSA) is 23.5 Å². The molecule has 0 aliphatic carbocycles. The molecule has 1 saturated heterocycles. The lowest BCUT2D eigenvalue weighted by Gasteiger charge is -2.33. The molecule has 0 bridgehead atoms. The molecule has 0 amide bonds. The molecule has 2 nitrogen and oxygen atoms in total. The van der Waals surface area contributed by atoms with Crippen LogP contribution in [-0.4, -0.2) is 29.7 Å². The van der Waals surface area contributed by atoms with E-state index in [1.807, 2.05) is 11.9 Å². The van der Waals surface area contributed by atoms with Gasteiger partial charge in [0.25, 0.3) is 0 Å². The number of likely N-dealkylation sites (tertiary alicyclic amines) is 1. The lowest BCUT2D eigenvalue weighted by Crippen LogP contribution is -2.36. The quantitative estimate of drug-likeness (QED) is 0.556. The highest BCUT2D eigenvalue weighted by Crippen LogP contribution is 2.25. The Labute approximate surface area is 67.1 Å². The Kier molecular flexibility index (Phi) is 1.87. The summed E-state index contributed by atoms with van der Waals surface area (Å²) in [6, 6.07) is 0. The minimum absolute atomic E-state index is 0.488. The molecule has 1 aliphatic heterocycles. The summed E-state index contributed by atoms with van der Waals surface area (Å²) in [5, 5.41) is 9.39. The summed E-state index contributed by atoms with van der Waals surface area (Å²) in [5.41, 5.74) is 2.29. The first-order chi connectivity index (χ1) is 5.04. The van der Waals surface area contributed by atoms with Crippen molar-refractivity contribution in [2.45, 2.75) is 6.10 Å². The first kappa shape index (κ1) is 8.08. The molecule has 0 unspecified atom stereocenters. The molecule has 0 aromatic carbocycles. The van der Waals surface area contributed by atoms with Gasteiger partial charge in [-0.15, -0.1) is 0 Å². The van der Waals surface area contributed by atoms with Crippen LogP contribution in [0.1, 0.15) is 0 Å². The van der Waals surface area contributed by atoms with E-state index in [1.54, 1.807) is 0 Å². The van der Waals surface area contributed by atoms with E-state index in [0.29, 0.717) is 12.1 Å². The van der Waals surface area contributed by atoms with Gasteiger partial charge in [0.1, 0.15) is 0 Å². The van der Waals surface area contributed by atoms with E-state index in [1.165, 1.54) is 0 Å². The molecule has 0 saturated carbocycles. The molecule has 0 spiro atoms. The fourth-order valence-electron chi connectivity index (χ4n) is 1.10. The second kappa shape index (κ2) is 2.55. The Bertz CT molecular complexity index is 208. The van der Waals surface area contributed by atoms with Crippen molar-refractivity contribution in [3.05, 3.63) is 36.6 Å². The fourth-order valence-corrected chi connectivity index (χ4v) is 1.10. The molecule has 1 atom stereocenters. The van der Waals surface area contributed by atoms with E-state index < -0.39 is 6.10 Å². The van der Waals surface area contributed by atoms with Gasteiger partial charge < -0.3 is 10.0 Å². The highest BCUT2D eigenvalue weighted by molar-refractivity contribution is 5.45. The normalized spacial score (nSPS) is 26.2. The Morgan fingerprint density at radius 1 is 1.45 bits per heavy atom. The number of aliphatic hydroxyl groups is 1. The monoisotopic (exact) mass is 151 g/mol. The number of hydrogen-bond acceptors (Lipinski definition) is 2. The summed E-state index contributed by atoms with van der Waals surface area (Å²) in [4.78, 5) is 1.88. The predicted octanol–water partition coefficient (Wildman–Crippen LogP) is 0.919. The molecule has 1 rings (SSSR count). The molecule has 2 heteroatoms. The molecular weight excluding hydrogens is 138 g/mol. The lowest BCUT2D eigenvalue weighted by molar-refractivity contribution is 0.162. The molecule has 0 aromatic rings. The Morgan fingerprint density at radius 3 is 2.55 bits per heavy atom. The van der Waals surface area contributed by atoms with Crippen molar-refractivity contribution >= 4 is 0 Å². The third-order valence-electron chi connectivity index (χ3n) is 2.05. The van der Waals surface area contributed by atoms with E-state index in [2.05, 4.69) is 19.7 Å². The van der Waals surface area contributed by atoms with E-state index in [-0.39, 0.29) is 0 Å². The van der Waals surface area contributed by atoms with E-state index in [4.69, 9.17) is 0 Å². The fraction of sp³-hybridized carbons (Fsp3) is 0.333. The molecule has 1 fully saturated rings. The number of hydrogen-bond donors (Lipinski definition) is 1. The number of likely N-dealkylation sites (N-methyl/N-ethyl adjacent to an activating group) is 1. The Hall–Kier alpha value is -1.02. The number of aliphatic hydroxyl groups excluding tert-OH is 1. The van der Waals surface area contributed by atoms with Crippen LogP contribution in [0, 0.1) is 0 Å². The molecular formula is C9H13NO. The summed E-state index contributed by atoms with van der Waals surface area (Å²) >= 11 is 0. The molecule has 60 valence electrons. The molecule has 0 aromatic heterocycles. The van der Waals surface area contributed by atoms with E-state index in [9.17, 15) is 5.11 Å². The third kappa shape index (κ3) is 1.21. The summed E-state index contributed by atoms with van der Waals surface area (Å²) < 4.78 is 0. The van der Waals surface area contributed by atoms with Crippen molar-refractivity contribution in [3.63, 3.8) is 0 Å².